The predicted molar refractivity (Wildman–Crippen MR) is 115 cm³/mol. The Bertz CT molecular complexity index is 814. The molecule has 6 heteroatoms. The minimum Gasteiger partial charge on any atom is -0.493 e. The Morgan fingerprint density at radius 3 is 2.13 bits per heavy atom. The van der Waals surface area contributed by atoms with Gasteiger partial charge >= 0.3 is 6.18 Å². The van der Waals surface area contributed by atoms with E-state index in [4.69, 9.17) is 4.74 Å². The first-order chi connectivity index (χ1) is 14.1. The van der Waals surface area contributed by atoms with Crippen LogP contribution in [0.1, 0.15) is 31.4 Å². The zero-order chi connectivity index (χ0) is 21.9. The first-order valence-electron chi connectivity index (χ1n) is 10.4. The number of piperidine rings is 1. The van der Waals surface area contributed by atoms with Crippen LogP contribution < -0.4 is 15.0 Å². The Hall–Kier alpha value is -2.21. The van der Waals surface area contributed by atoms with Crippen molar-refractivity contribution in [2.75, 3.05) is 38.7 Å². The number of rotatable bonds is 6. The number of nitrogens with zero attached hydrogens (tertiary/aromatic N) is 1. The van der Waals surface area contributed by atoms with Gasteiger partial charge in [-0.05, 0) is 66.3 Å². The van der Waals surface area contributed by atoms with Gasteiger partial charge in [0.05, 0.1) is 12.2 Å². The fourth-order valence-electron chi connectivity index (χ4n) is 4.39. The largest absolute Gasteiger partial charge is 0.493 e. The highest BCUT2D eigenvalue weighted by atomic mass is 19.4. The molecular weight excluding hydrogens is 389 g/mol. The fourth-order valence-corrected chi connectivity index (χ4v) is 4.39. The minimum atomic E-state index is -4.33. The summed E-state index contributed by atoms with van der Waals surface area (Å²) in [4.78, 5) is 2.09. The molecule has 2 atom stereocenters. The van der Waals surface area contributed by atoms with E-state index in [2.05, 4.69) is 48.3 Å². The molecule has 0 spiro atoms. The summed E-state index contributed by atoms with van der Waals surface area (Å²) in [6, 6.07) is 13.6. The third-order valence-electron chi connectivity index (χ3n) is 6.31. The summed E-state index contributed by atoms with van der Waals surface area (Å²) >= 11 is 0. The summed E-state index contributed by atoms with van der Waals surface area (Å²) in [7, 11) is 4.06. The molecule has 0 aliphatic carbocycles. The van der Waals surface area contributed by atoms with Crippen LogP contribution in [-0.4, -0.2) is 33.8 Å². The van der Waals surface area contributed by atoms with Crippen molar-refractivity contribution in [1.82, 2.24) is 5.32 Å². The van der Waals surface area contributed by atoms with Gasteiger partial charge in [0.2, 0.25) is 0 Å². The van der Waals surface area contributed by atoms with Gasteiger partial charge in [0.25, 0.3) is 0 Å². The number of halogens is 3. The summed E-state index contributed by atoms with van der Waals surface area (Å²) in [5.74, 6) is 1.14. The molecule has 0 aromatic heterocycles. The topological polar surface area (TPSA) is 24.5 Å². The predicted octanol–water partition coefficient (Wildman–Crippen LogP) is 5.35. The maximum atomic E-state index is 12.8. The van der Waals surface area contributed by atoms with Gasteiger partial charge in [0.1, 0.15) is 5.75 Å². The van der Waals surface area contributed by atoms with E-state index in [1.165, 1.54) is 23.4 Å². The molecule has 30 heavy (non-hydrogen) atoms. The van der Waals surface area contributed by atoms with E-state index in [0.717, 1.165) is 31.6 Å². The second-order valence-corrected chi connectivity index (χ2v) is 8.86. The first kappa shape index (κ1) is 22.5. The Labute approximate surface area is 177 Å². The summed E-state index contributed by atoms with van der Waals surface area (Å²) in [6.45, 7) is 6.82. The number of hydrogen-bond donors (Lipinski definition) is 1. The molecule has 1 aliphatic heterocycles. The average Bonchev–Trinajstić information content (AvgIpc) is 2.72. The van der Waals surface area contributed by atoms with E-state index < -0.39 is 11.7 Å². The van der Waals surface area contributed by atoms with E-state index in [9.17, 15) is 13.2 Å². The molecular formula is C24H31F3N2O. The van der Waals surface area contributed by atoms with Crippen LogP contribution in [-0.2, 0) is 11.6 Å². The number of anilines is 1. The van der Waals surface area contributed by atoms with Crippen LogP contribution in [0.2, 0.25) is 0 Å². The second-order valence-electron chi connectivity index (χ2n) is 8.86. The van der Waals surface area contributed by atoms with Crippen molar-refractivity contribution in [2.24, 2.45) is 11.8 Å². The lowest BCUT2D eigenvalue weighted by molar-refractivity contribution is -0.137. The molecule has 3 rings (SSSR count). The zero-order valence-corrected chi connectivity index (χ0v) is 18.1. The third kappa shape index (κ3) is 5.09. The van der Waals surface area contributed by atoms with Gasteiger partial charge in [-0.15, -0.1) is 0 Å². The van der Waals surface area contributed by atoms with E-state index >= 15 is 0 Å². The quantitative estimate of drug-likeness (QED) is 0.681. The van der Waals surface area contributed by atoms with Crippen molar-refractivity contribution in [1.29, 1.82) is 0 Å². The van der Waals surface area contributed by atoms with Crippen LogP contribution in [0, 0.1) is 11.8 Å². The van der Waals surface area contributed by atoms with Crippen LogP contribution in [0.15, 0.2) is 48.5 Å². The molecule has 3 nitrogen and oxygen atoms in total. The molecule has 0 radical (unpaired) electrons. The molecule has 1 heterocycles. The molecule has 1 N–H and O–H groups in total. The first-order valence-corrected chi connectivity index (χ1v) is 10.4. The van der Waals surface area contributed by atoms with E-state index in [-0.39, 0.29) is 11.3 Å². The fraction of sp³-hybridized carbons (Fsp3) is 0.500. The highest BCUT2D eigenvalue weighted by Gasteiger charge is 2.38. The van der Waals surface area contributed by atoms with Gasteiger partial charge in [0, 0.05) is 32.2 Å². The van der Waals surface area contributed by atoms with Gasteiger partial charge in [0.15, 0.2) is 0 Å². The summed E-state index contributed by atoms with van der Waals surface area (Å²) < 4.78 is 44.2. The van der Waals surface area contributed by atoms with Crippen LogP contribution in [0.4, 0.5) is 18.9 Å². The Kier molecular flexibility index (Phi) is 6.65. The summed E-state index contributed by atoms with van der Waals surface area (Å²) in [5.41, 5.74) is 1.76. The molecule has 0 bridgehead atoms. The molecule has 1 aliphatic rings. The van der Waals surface area contributed by atoms with Crippen molar-refractivity contribution < 1.29 is 17.9 Å². The van der Waals surface area contributed by atoms with Gasteiger partial charge in [-0.2, -0.15) is 13.2 Å². The van der Waals surface area contributed by atoms with Crippen LogP contribution in [0.3, 0.4) is 0 Å². The van der Waals surface area contributed by atoms with Gasteiger partial charge < -0.3 is 15.0 Å². The van der Waals surface area contributed by atoms with Crippen LogP contribution >= 0.6 is 0 Å². The number of alkyl halides is 3. The Morgan fingerprint density at radius 2 is 1.57 bits per heavy atom. The number of nitrogens with one attached hydrogen (secondary N) is 1. The lowest BCUT2D eigenvalue weighted by Crippen LogP contribution is -2.47. The number of hydrogen-bond acceptors (Lipinski definition) is 3. The average molecular weight is 421 g/mol. The van der Waals surface area contributed by atoms with Crippen molar-refractivity contribution in [2.45, 2.75) is 31.9 Å². The lowest BCUT2D eigenvalue weighted by atomic mass is 9.65. The standard InChI is InChI=1S/C24H31F3N2O/c1-23(2,18-5-9-20(10-6-18)29(3)4)22-13-14-28-15-17(22)16-30-21-11-7-19(8-12-21)24(25,26)27/h5-12,17,22,28H,13-16H2,1-4H3. The summed E-state index contributed by atoms with van der Waals surface area (Å²) in [6.07, 6.45) is -3.30. The summed E-state index contributed by atoms with van der Waals surface area (Å²) in [5, 5.41) is 3.44. The SMILES string of the molecule is CN(C)c1ccc(C(C)(C)C2CCNCC2COc2ccc(C(F)(F)F)cc2)cc1. The third-order valence-corrected chi connectivity index (χ3v) is 6.31. The monoisotopic (exact) mass is 420 g/mol. The van der Waals surface area contributed by atoms with Crippen LogP contribution in [0.5, 0.6) is 5.75 Å². The Morgan fingerprint density at radius 1 is 0.967 bits per heavy atom. The minimum absolute atomic E-state index is 0.0406. The molecule has 1 fully saturated rings. The van der Waals surface area contributed by atoms with E-state index in [1.54, 1.807) is 0 Å². The van der Waals surface area contributed by atoms with Crippen LogP contribution in [0.25, 0.3) is 0 Å². The van der Waals surface area contributed by atoms with Gasteiger partial charge in [-0.25, -0.2) is 0 Å². The lowest BCUT2D eigenvalue weighted by Gasteiger charge is -2.43. The van der Waals surface area contributed by atoms with Crippen molar-refractivity contribution in [3.8, 4) is 5.75 Å². The highest BCUT2D eigenvalue weighted by molar-refractivity contribution is 5.47. The normalized spacial score (nSPS) is 20.1. The molecule has 164 valence electrons. The second kappa shape index (κ2) is 8.88. The number of benzene rings is 2. The van der Waals surface area contributed by atoms with E-state index in [1.807, 2.05) is 14.1 Å². The smallest absolute Gasteiger partial charge is 0.416 e. The van der Waals surface area contributed by atoms with Gasteiger partial charge in [-0.1, -0.05) is 26.0 Å². The molecule has 0 saturated carbocycles. The van der Waals surface area contributed by atoms with E-state index in [0.29, 0.717) is 18.3 Å². The number of ether oxygens (including phenoxy) is 1. The maximum Gasteiger partial charge on any atom is 0.416 e. The molecule has 2 aromatic carbocycles. The van der Waals surface area contributed by atoms with Crippen molar-refractivity contribution >= 4 is 5.69 Å². The highest BCUT2D eigenvalue weighted by Crippen LogP contribution is 2.40. The molecule has 0 amide bonds. The zero-order valence-electron chi connectivity index (χ0n) is 18.1. The van der Waals surface area contributed by atoms with Crippen molar-refractivity contribution in [3.63, 3.8) is 0 Å². The maximum absolute atomic E-state index is 12.8. The Balaban J connectivity index is 1.71. The molecule has 1 saturated heterocycles. The molecule has 2 aromatic rings. The van der Waals surface area contributed by atoms with Gasteiger partial charge in [-0.3, -0.25) is 0 Å². The van der Waals surface area contributed by atoms with Crippen molar-refractivity contribution in [3.05, 3.63) is 59.7 Å². The molecule has 2 unspecified atom stereocenters.